The number of anilines is 1. The minimum atomic E-state index is -3.75. The summed E-state index contributed by atoms with van der Waals surface area (Å²) in [6.07, 6.45) is 1.78. The third-order valence-electron chi connectivity index (χ3n) is 5.37. The van der Waals surface area contributed by atoms with Gasteiger partial charge < -0.3 is 14.8 Å². The van der Waals surface area contributed by atoms with Crippen molar-refractivity contribution in [3.05, 3.63) is 53.6 Å². The molecule has 0 unspecified atom stereocenters. The number of methoxy groups -OCH3 is 1. The summed E-state index contributed by atoms with van der Waals surface area (Å²) < 4.78 is 63.4. The van der Waals surface area contributed by atoms with E-state index in [4.69, 9.17) is 9.47 Å². The molecular formula is C23H28F2N2O5S. The van der Waals surface area contributed by atoms with Crippen LogP contribution in [0.1, 0.15) is 44.7 Å². The summed E-state index contributed by atoms with van der Waals surface area (Å²) in [6, 6.07) is 8.03. The van der Waals surface area contributed by atoms with Gasteiger partial charge in [-0.1, -0.05) is 0 Å². The molecule has 0 saturated carbocycles. The highest BCUT2D eigenvalue weighted by molar-refractivity contribution is 7.92. The van der Waals surface area contributed by atoms with Crippen molar-refractivity contribution in [2.45, 2.75) is 44.8 Å². The van der Waals surface area contributed by atoms with Gasteiger partial charge >= 0.3 is 0 Å². The monoisotopic (exact) mass is 482 g/mol. The number of hydrogen-bond acceptors (Lipinski definition) is 5. The molecule has 180 valence electrons. The van der Waals surface area contributed by atoms with E-state index in [1.807, 2.05) is 19.9 Å². The molecule has 7 nitrogen and oxygen atoms in total. The smallest absolute Gasteiger partial charge is 0.232 e. The maximum Gasteiger partial charge on any atom is 0.232 e. The highest BCUT2D eigenvalue weighted by Gasteiger charge is 2.34. The number of rotatable bonds is 8. The Morgan fingerprint density at radius 2 is 1.94 bits per heavy atom. The van der Waals surface area contributed by atoms with E-state index in [1.165, 1.54) is 6.07 Å². The van der Waals surface area contributed by atoms with Crippen molar-refractivity contribution in [3.63, 3.8) is 0 Å². The summed E-state index contributed by atoms with van der Waals surface area (Å²) in [7, 11) is -2.19. The molecule has 2 aromatic rings. The average Bonchev–Trinajstić information content (AvgIpc) is 2.71. The number of nitrogens with zero attached hydrogens (tertiary/aromatic N) is 1. The molecule has 1 amide bonds. The number of carbonyl (C=O) groups is 1. The van der Waals surface area contributed by atoms with Crippen molar-refractivity contribution in [2.24, 2.45) is 0 Å². The van der Waals surface area contributed by atoms with Gasteiger partial charge in [0.1, 0.15) is 17.1 Å². The molecule has 10 heteroatoms. The average molecular weight is 483 g/mol. The first kappa shape index (κ1) is 24.8. The largest absolute Gasteiger partial charge is 0.497 e. The Morgan fingerprint density at radius 3 is 2.58 bits per heavy atom. The highest BCUT2D eigenvalue weighted by Crippen LogP contribution is 2.41. The van der Waals surface area contributed by atoms with E-state index in [0.717, 1.165) is 28.3 Å². The molecule has 0 saturated heterocycles. The van der Waals surface area contributed by atoms with Gasteiger partial charge in [-0.2, -0.15) is 0 Å². The van der Waals surface area contributed by atoms with Crippen molar-refractivity contribution < 1.29 is 31.5 Å². The summed E-state index contributed by atoms with van der Waals surface area (Å²) in [5.74, 6) is -1.18. The van der Waals surface area contributed by atoms with Crippen LogP contribution in [0, 0.1) is 11.6 Å². The van der Waals surface area contributed by atoms with Crippen LogP contribution in [0.3, 0.4) is 0 Å². The maximum absolute atomic E-state index is 13.6. The van der Waals surface area contributed by atoms with Crippen LogP contribution in [-0.4, -0.2) is 39.8 Å². The Kier molecular flexibility index (Phi) is 7.16. The molecule has 3 rings (SSSR count). The molecule has 33 heavy (non-hydrogen) atoms. The zero-order chi connectivity index (χ0) is 24.4. The van der Waals surface area contributed by atoms with Crippen molar-refractivity contribution >= 4 is 21.6 Å². The molecule has 0 aromatic heterocycles. The first-order valence-electron chi connectivity index (χ1n) is 10.5. The third kappa shape index (κ3) is 6.13. The lowest BCUT2D eigenvalue weighted by molar-refractivity contribution is -0.122. The molecule has 0 radical (unpaired) electrons. The van der Waals surface area contributed by atoms with Crippen molar-refractivity contribution in [3.8, 4) is 11.5 Å². The minimum absolute atomic E-state index is 0.00543. The molecule has 1 atom stereocenters. The Balaban J connectivity index is 1.66. The lowest BCUT2D eigenvalue weighted by Gasteiger charge is -2.38. The number of ether oxygens (including phenoxy) is 2. The van der Waals surface area contributed by atoms with Crippen LogP contribution >= 0.6 is 0 Å². The van der Waals surface area contributed by atoms with E-state index in [2.05, 4.69) is 5.32 Å². The van der Waals surface area contributed by atoms with Crippen molar-refractivity contribution in [1.82, 2.24) is 5.32 Å². The number of nitrogens with one attached hydrogen (secondary N) is 1. The lowest BCUT2D eigenvalue weighted by atomic mass is 9.89. The molecule has 2 aromatic carbocycles. The van der Waals surface area contributed by atoms with Gasteiger partial charge in [0, 0.05) is 37.1 Å². The first-order valence-corrected chi connectivity index (χ1v) is 12.3. The van der Waals surface area contributed by atoms with Gasteiger partial charge in [0.25, 0.3) is 0 Å². The quantitative estimate of drug-likeness (QED) is 0.616. The SMILES string of the molecule is COc1ccc2c(c1)OC(C)(C)C[C@@H]2NC(=O)CCCN(c1ccc(F)c(F)c1)S(C)(=O)=O. The minimum Gasteiger partial charge on any atom is -0.497 e. The van der Waals surface area contributed by atoms with Crippen LogP contribution in [0.25, 0.3) is 0 Å². The summed E-state index contributed by atoms with van der Waals surface area (Å²) in [4.78, 5) is 12.7. The van der Waals surface area contributed by atoms with Crippen LogP contribution in [0.5, 0.6) is 11.5 Å². The van der Waals surface area contributed by atoms with Crippen LogP contribution < -0.4 is 19.1 Å². The normalized spacial score (nSPS) is 17.0. The molecule has 1 aliphatic rings. The fraction of sp³-hybridized carbons (Fsp3) is 0.435. The number of hydrogen-bond donors (Lipinski definition) is 1. The van der Waals surface area contributed by atoms with E-state index >= 15 is 0 Å². The molecule has 1 heterocycles. The van der Waals surface area contributed by atoms with Gasteiger partial charge in [-0.3, -0.25) is 9.10 Å². The van der Waals surface area contributed by atoms with Crippen molar-refractivity contribution in [1.29, 1.82) is 0 Å². The second kappa shape index (κ2) is 9.54. The van der Waals surface area contributed by atoms with Gasteiger partial charge in [-0.25, -0.2) is 17.2 Å². The van der Waals surface area contributed by atoms with E-state index in [-0.39, 0.29) is 37.0 Å². The predicted octanol–water partition coefficient (Wildman–Crippen LogP) is 3.94. The summed E-state index contributed by atoms with van der Waals surface area (Å²) in [6.45, 7) is 3.81. The second-order valence-corrected chi connectivity index (χ2v) is 10.5. The molecule has 0 aliphatic carbocycles. The second-order valence-electron chi connectivity index (χ2n) is 8.63. The highest BCUT2D eigenvalue weighted by atomic mass is 32.2. The standard InChI is InChI=1S/C23H28F2N2O5S/c1-23(2)14-20(17-9-8-16(31-3)13-21(17)32-23)26-22(28)6-5-11-27(33(4,29)30)15-7-10-18(24)19(25)12-15/h7-10,12-13,20H,5-6,11,14H2,1-4H3,(H,26,28)/t20-/m0/s1. The summed E-state index contributed by atoms with van der Waals surface area (Å²) in [5.41, 5.74) is 0.339. The summed E-state index contributed by atoms with van der Waals surface area (Å²) in [5, 5.41) is 3.00. The Labute approximate surface area is 192 Å². The van der Waals surface area contributed by atoms with Crippen LogP contribution in [0.2, 0.25) is 0 Å². The topological polar surface area (TPSA) is 84.9 Å². The van der Waals surface area contributed by atoms with Gasteiger partial charge in [0.15, 0.2) is 11.6 Å². The van der Waals surface area contributed by atoms with Crippen LogP contribution in [-0.2, 0) is 14.8 Å². The summed E-state index contributed by atoms with van der Waals surface area (Å²) >= 11 is 0. The zero-order valence-corrected chi connectivity index (χ0v) is 19.8. The van der Waals surface area contributed by atoms with Crippen LogP contribution in [0.4, 0.5) is 14.5 Å². The van der Waals surface area contributed by atoms with Crippen molar-refractivity contribution in [2.75, 3.05) is 24.2 Å². The fourth-order valence-corrected chi connectivity index (χ4v) is 4.82. The fourth-order valence-electron chi connectivity index (χ4n) is 3.86. The number of carbonyl (C=O) groups excluding carboxylic acids is 1. The van der Waals surface area contributed by atoms with Crippen LogP contribution in [0.15, 0.2) is 36.4 Å². The number of halogens is 2. The predicted molar refractivity (Wildman–Crippen MR) is 121 cm³/mol. The lowest BCUT2D eigenvalue weighted by Crippen LogP contribution is -2.41. The molecule has 0 bridgehead atoms. The van der Waals surface area contributed by atoms with E-state index in [0.29, 0.717) is 17.9 Å². The molecule has 0 fully saturated rings. The molecule has 1 aliphatic heterocycles. The number of sulfonamides is 1. The van der Waals surface area contributed by atoms with E-state index in [1.54, 1.807) is 19.2 Å². The molecule has 0 spiro atoms. The van der Waals surface area contributed by atoms with E-state index < -0.39 is 27.3 Å². The third-order valence-corrected chi connectivity index (χ3v) is 6.56. The Morgan fingerprint density at radius 1 is 1.21 bits per heavy atom. The van der Waals surface area contributed by atoms with Gasteiger partial charge in [-0.15, -0.1) is 0 Å². The number of amides is 1. The maximum atomic E-state index is 13.6. The molecular weight excluding hydrogens is 454 g/mol. The number of benzene rings is 2. The Hall–Kier alpha value is -2.88. The van der Waals surface area contributed by atoms with Gasteiger partial charge in [-0.05, 0) is 44.5 Å². The van der Waals surface area contributed by atoms with E-state index in [9.17, 15) is 22.0 Å². The Bertz CT molecular complexity index is 1140. The first-order chi connectivity index (χ1) is 15.4. The van der Waals surface area contributed by atoms with Gasteiger partial charge in [0.05, 0.1) is 25.1 Å². The number of fused-ring (bicyclic) bond motifs is 1. The zero-order valence-electron chi connectivity index (χ0n) is 19.0. The molecule has 1 N–H and O–H groups in total. The van der Waals surface area contributed by atoms with Gasteiger partial charge in [0.2, 0.25) is 15.9 Å².